The minimum atomic E-state index is 0. The third-order valence-electron chi connectivity index (χ3n) is 5.47. The number of nitrogens with zero attached hydrogens (tertiary/aromatic N) is 3. The smallest absolute Gasteiger partial charge is 0.193 e. The Kier molecular flexibility index (Phi) is 8.73. The number of halogens is 1. The molecule has 0 amide bonds. The molecule has 3 aromatic carbocycles. The van der Waals surface area contributed by atoms with Crippen LogP contribution in [0.15, 0.2) is 89.9 Å². The molecule has 0 saturated carbocycles. The van der Waals surface area contributed by atoms with Crippen LogP contribution in [-0.2, 0) is 13.1 Å². The lowest BCUT2D eigenvalue weighted by Crippen LogP contribution is -2.46. The van der Waals surface area contributed by atoms with Gasteiger partial charge in [0.05, 0.1) is 6.54 Å². The normalized spacial score (nSPS) is 14.7. The van der Waals surface area contributed by atoms with E-state index in [1.807, 2.05) is 30.3 Å². The van der Waals surface area contributed by atoms with Crippen molar-refractivity contribution in [2.45, 2.75) is 13.1 Å². The minimum absolute atomic E-state index is 0. The van der Waals surface area contributed by atoms with Gasteiger partial charge < -0.3 is 16.0 Å². The summed E-state index contributed by atoms with van der Waals surface area (Å²) < 4.78 is 0. The molecule has 0 aliphatic carbocycles. The summed E-state index contributed by atoms with van der Waals surface area (Å²) in [6, 6.07) is 29.1. The molecule has 0 aromatic heterocycles. The number of hydrogen-bond acceptors (Lipinski definition) is 3. The van der Waals surface area contributed by atoms with E-state index in [9.17, 15) is 0 Å². The van der Waals surface area contributed by atoms with E-state index >= 15 is 0 Å². The summed E-state index contributed by atoms with van der Waals surface area (Å²) in [7, 11) is 0. The first kappa shape index (κ1) is 23.1. The van der Waals surface area contributed by atoms with Crippen molar-refractivity contribution in [2.75, 3.05) is 36.4 Å². The van der Waals surface area contributed by atoms with Crippen molar-refractivity contribution < 1.29 is 0 Å². The van der Waals surface area contributed by atoms with E-state index in [4.69, 9.17) is 5.73 Å². The van der Waals surface area contributed by atoms with Gasteiger partial charge in [-0.1, -0.05) is 60.7 Å². The zero-order chi connectivity index (χ0) is 20.6. The van der Waals surface area contributed by atoms with E-state index < -0.39 is 0 Å². The van der Waals surface area contributed by atoms with Gasteiger partial charge in [0.1, 0.15) is 0 Å². The second-order valence-corrected chi connectivity index (χ2v) is 7.56. The predicted molar refractivity (Wildman–Crippen MR) is 141 cm³/mol. The van der Waals surface area contributed by atoms with E-state index in [0.29, 0.717) is 12.5 Å². The maximum atomic E-state index is 6.08. The van der Waals surface area contributed by atoms with Crippen molar-refractivity contribution in [1.29, 1.82) is 0 Å². The van der Waals surface area contributed by atoms with Crippen LogP contribution in [0.1, 0.15) is 11.1 Å². The Balaban J connectivity index is 0.00000272. The van der Waals surface area contributed by atoms with Crippen LogP contribution in [0.25, 0.3) is 0 Å². The highest BCUT2D eigenvalue weighted by atomic mass is 127. The van der Waals surface area contributed by atoms with E-state index in [1.54, 1.807) is 0 Å². The largest absolute Gasteiger partial charge is 0.370 e. The first-order valence-corrected chi connectivity index (χ1v) is 10.5. The molecular formula is C25H30IN5. The molecule has 0 spiro atoms. The van der Waals surface area contributed by atoms with Crippen molar-refractivity contribution >= 4 is 41.3 Å². The monoisotopic (exact) mass is 527 g/mol. The van der Waals surface area contributed by atoms with Crippen molar-refractivity contribution in [3.05, 3.63) is 96.1 Å². The first-order valence-electron chi connectivity index (χ1n) is 10.5. The van der Waals surface area contributed by atoms with Crippen LogP contribution in [0.2, 0.25) is 0 Å². The van der Waals surface area contributed by atoms with Gasteiger partial charge >= 0.3 is 0 Å². The summed E-state index contributed by atoms with van der Waals surface area (Å²) in [6.45, 7) is 5.75. The Labute approximate surface area is 202 Å². The number of guanidine groups is 1. The van der Waals surface area contributed by atoms with Gasteiger partial charge in [0.2, 0.25) is 0 Å². The second kappa shape index (κ2) is 11.7. The number of anilines is 2. The van der Waals surface area contributed by atoms with Crippen molar-refractivity contribution in [3.63, 3.8) is 0 Å². The van der Waals surface area contributed by atoms with E-state index in [2.05, 4.69) is 74.7 Å². The fraction of sp³-hybridized carbons (Fsp3) is 0.240. The highest BCUT2D eigenvalue weighted by molar-refractivity contribution is 14.0. The Bertz CT molecular complexity index is 954. The molecule has 3 N–H and O–H groups in total. The molecule has 1 aliphatic rings. The number of piperazine rings is 1. The molecule has 0 atom stereocenters. The summed E-state index contributed by atoms with van der Waals surface area (Å²) in [4.78, 5) is 9.53. The fourth-order valence-corrected chi connectivity index (χ4v) is 3.79. The fourth-order valence-electron chi connectivity index (χ4n) is 3.79. The third kappa shape index (κ3) is 6.70. The lowest BCUT2D eigenvalue weighted by Gasteiger charge is -2.36. The van der Waals surface area contributed by atoms with Gasteiger partial charge in [-0.25, -0.2) is 4.99 Å². The summed E-state index contributed by atoms with van der Waals surface area (Å²) in [6.07, 6.45) is 0. The van der Waals surface area contributed by atoms with Gasteiger partial charge in [0.15, 0.2) is 5.96 Å². The first-order chi connectivity index (χ1) is 14.8. The Morgan fingerprint density at radius 1 is 0.774 bits per heavy atom. The van der Waals surface area contributed by atoms with E-state index in [0.717, 1.165) is 38.4 Å². The van der Waals surface area contributed by atoms with Gasteiger partial charge in [0, 0.05) is 44.1 Å². The van der Waals surface area contributed by atoms with Gasteiger partial charge in [0.25, 0.3) is 0 Å². The topological polar surface area (TPSA) is 56.9 Å². The Hall–Kier alpha value is -2.58. The van der Waals surface area contributed by atoms with Crippen molar-refractivity contribution in [1.82, 2.24) is 4.90 Å². The average Bonchev–Trinajstić information content (AvgIpc) is 2.80. The van der Waals surface area contributed by atoms with Crippen LogP contribution >= 0.6 is 24.0 Å². The van der Waals surface area contributed by atoms with Crippen LogP contribution in [0, 0.1) is 0 Å². The second-order valence-electron chi connectivity index (χ2n) is 7.56. The minimum Gasteiger partial charge on any atom is -0.370 e. The molecule has 5 nitrogen and oxygen atoms in total. The maximum absolute atomic E-state index is 6.08. The zero-order valence-corrected chi connectivity index (χ0v) is 20.0. The van der Waals surface area contributed by atoms with Crippen LogP contribution in [0.3, 0.4) is 0 Å². The lowest BCUT2D eigenvalue weighted by atomic mass is 10.1. The van der Waals surface area contributed by atoms with E-state index in [1.165, 1.54) is 16.8 Å². The summed E-state index contributed by atoms with van der Waals surface area (Å²) in [5, 5.41) is 3.15. The van der Waals surface area contributed by atoms with Gasteiger partial charge in [-0.15, -0.1) is 24.0 Å². The van der Waals surface area contributed by atoms with E-state index in [-0.39, 0.29) is 24.0 Å². The lowest BCUT2D eigenvalue weighted by molar-refractivity contribution is 0.249. The number of aliphatic imine (C=N–C) groups is 1. The van der Waals surface area contributed by atoms with Crippen LogP contribution in [0.4, 0.5) is 11.4 Å². The standard InChI is InChI=1S/C25H29N5.HI/c26-25(28-23-11-3-1-4-12-23)27-19-21-9-7-8-10-22(21)20-29-15-17-30(18-16-29)24-13-5-2-6-14-24;/h1-14H,15-20H2,(H3,26,27,28);1H. The molecule has 1 aliphatic heterocycles. The number of nitrogens with one attached hydrogen (secondary N) is 1. The molecule has 0 unspecified atom stereocenters. The van der Waals surface area contributed by atoms with Crippen molar-refractivity contribution in [3.8, 4) is 0 Å². The van der Waals surface area contributed by atoms with Gasteiger partial charge in [-0.3, -0.25) is 4.90 Å². The highest BCUT2D eigenvalue weighted by Crippen LogP contribution is 2.18. The predicted octanol–water partition coefficient (Wildman–Crippen LogP) is 4.55. The quantitative estimate of drug-likeness (QED) is 0.281. The van der Waals surface area contributed by atoms with Crippen LogP contribution in [0.5, 0.6) is 0 Å². The Morgan fingerprint density at radius 2 is 1.35 bits per heavy atom. The zero-order valence-electron chi connectivity index (χ0n) is 17.7. The molecular weight excluding hydrogens is 497 g/mol. The molecule has 4 rings (SSSR count). The van der Waals surface area contributed by atoms with Gasteiger partial charge in [-0.2, -0.15) is 0 Å². The van der Waals surface area contributed by atoms with Gasteiger partial charge in [-0.05, 0) is 35.4 Å². The molecule has 3 aromatic rings. The molecule has 1 heterocycles. The molecule has 6 heteroatoms. The summed E-state index contributed by atoms with van der Waals surface area (Å²) in [5.41, 5.74) is 10.9. The third-order valence-corrected chi connectivity index (χ3v) is 5.47. The molecule has 31 heavy (non-hydrogen) atoms. The van der Waals surface area contributed by atoms with Crippen LogP contribution in [-0.4, -0.2) is 37.0 Å². The Morgan fingerprint density at radius 3 is 2.03 bits per heavy atom. The molecule has 1 fully saturated rings. The maximum Gasteiger partial charge on any atom is 0.193 e. The molecule has 1 saturated heterocycles. The number of benzene rings is 3. The SMILES string of the molecule is I.NC(=NCc1ccccc1CN1CCN(c2ccccc2)CC1)Nc1ccccc1. The highest BCUT2D eigenvalue weighted by Gasteiger charge is 2.18. The van der Waals surface area contributed by atoms with Crippen LogP contribution < -0.4 is 16.0 Å². The number of rotatable bonds is 6. The summed E-state index contributed by atoms with van der Waals surface area (Å²) >= 11 is 0. The van der Waals surface area contributed by atoms with Crippen molar-refractivity contribution in [2.24, 2.45) is 10.7 Å². The summed E-state index contributed by atoms with van der Waals surface area (Å²) in [5.74, 6) is 0.437. The number of para-hydroxylation sites is 2. The number of hydrogen-bond donors (Lipinski definition) is 2. The number of nitrogens with two attached hydrogens (primary N) is 1. The average molecular weight is 527 g/mol. The molecule has 0 bridgehead atoms. The molecule has 162 valence electrons. The molecule has 0 radical (unpaired) electrons.